The number of aliphatic carboxylic acids is 1. The summed E-state index contributed by atoms with van der Waals surface area (Å²) in [5.41, 5.74) is -1.36. The van der Waals surface area contributed by atoms with Crippen LogP contribution in [-0.2, 0) is 16.1 Å². The smallest absolute Gasteiger partial charge is 0.328 e. The number of nitrogens with one attached hydrogen (secondary N) is 2. The molecule has 2 aromatic rings. The Morgan fingerprint density at radius 3 is 2.78 bits per heavy atom. The van der Waals surface area contributed by atoms with Crippen molar-refractivity contribution < 1.29 is 14.7 Å². The van der Waals surface area contributed by atoms with Crippen LogP contribution in [0.4, 0.5) is 0 Å². The number of aromatic nitrogens is 2. The van der Waals surface area contributed by atoms with E-state index in [9.17, 15) is 24.3 Å². The van der Waals surface area contributed by atoms with Crippen LogP contribution in [0.5, 0.6) is 0 Å². The number of amides is 1. The summed E-state index contributed by atoms with van der Waals surface area (Å²) in [6, 6.07) is 6.70. The number of para-hydroxylation sites is 1. The van der Waals surface area contributed by atoms with E-state index in [1.165, 1.54) is 4.57 Å². The third-order valence-electron chi connectivity index (χ3n) is 5.40. The molecule has 3 N–H and O–H groups in total. The summed E-state index contributed by atoms with van der Waals surface area (Å²) in [7, 11) is 0. The van der Waals surface area contributed by atoms with Gasteiger partial charge in [0.15, 0.2) is 0 Å². The number of nitrogens with zero attached hydrogens (tertiary/aromatic N) is 1. The molecule has 0 radical (unpaired) electrons. The lowest BCUT2D eigenvalue weighted by molar-refractivity contribution is -0.146. The van der Waals surface area contributed by atoms with Gasteiger partial charge in [-0.3, -0.25) is 23.9 Å². The summed E-state index contributed by atoms with van der Waals surface area (Å²) >= 11 is 0. The normalized spacial score (nSPS) is 22.5. The van der Waals surface area contributed by atoms with E-state index in [1.54, 1.807) is 31.2 Å². The van der Waals surface area contributed by atoms with Crippen molar-refractivity contribution >= 4 is 22.8 Å². The van der Waals surface area contributed by atoms with Crippen LogP contribution in [0.2, 0.25) is 0 Å². The van der Waals surface area contributed by atoms with Gasteiger partial charge >= 0.3 is 11.7 Å². The molecule has 144 valence electrons. The number of aryl methyl sites for hydroxylation is 1. The second-order valence-corrected chi connectivity index (χ2v) is 7.28. The van der Waals surface area contributed by atoms with Crippen LogP contribution in [0.3, 0.4) is 0 Å². The number of rotatable bonds is 5. The fourth-order valence-electron chi connectivity index (χ4n) is 3.94. The van der Waals surface area contributed by atoms with Gasteiger partial charge in [0.1, 0.15) is 0 Å². The largest absolute Gasteiger partial charge is 0.481 e. The van der Waals surface area contributed by atoms with Gasteiger partial charge in [0, 0.05) is 13.0 Å². The molecule has 2 unspecified atom stereocenters. The molecule has 1 saturated carbocycles. The lowest BCUT2D eigenvalue weighted by Gasteiger charge is -2.39. The summed E-state index contributed by atoms with van der Waals surface area (Å²) in [5.74, 6) is -1.83. The van der Waals surface area contributed by atoms with Crippen molar-refractivity contribution in [1.82, 2.24) is 14.9 Å². The van der Waals surface area contributed by atoms with Crippen LogP contribution in [0.25, 0.3) is 10.9 Å². The van der Waals surface area contributed by atoms with Gasteiger partial charge in [-0.25, -0.2) is 4.79 Å². The zero-order chi connectivity index (χ0) is 19.6. The van der Waals surface area contributed by atoms with Crippen LogP contribution in [-0.4, -0.2) is 32.1 Å². The van der Waals surface area contributed by atoms with Crippen molar-refractivity contribution in [3.05, 3.63) is 45.1 Å². The molecule has 0 aliphatic heterocycles. The molecule has 3 rings (SSSR count). The number of aromatic amines is 1. The fraction of sp³-hybridized carbons (Fsp3) is 0.474. The molecule has 2 atom stereocenters. The molecular formula is C19H23N3O5. The van der Waals surface area contributed by atoms with Crippen molar-refractivity contribution in [2.45, 2.75) is 51.1 Å². The zero-order valence-corrected chi connectivity index (χ0v) is 15.2. The van der Waals surface area contributed by atoms with Gasteiger partial charge in [-0.05, 0) is 31.9 Å². The number of hydrogen-bond donors (Lipinski definition) is 3. The highest BCUT2D eigenvalue weighted by Gasteiger charge is 2.42. The monoisotopic (exact) mass is 373 g/mol. The molecule has 0 bridgehead atoms. The first kappa shape index (κ1) is 18.9. The zero-order valence-electron chi connectivity index (χ0n) is 15.2. The Labute approximate surface area is 155 Å². The Balaban J connectivity index is 1.77. The second kappa shape index (κ2) is 7.38. The van der Waals surface area contributed by atoms with E-state index in [0.29, 0.717) is 23.7 Å². The van der Waals surface area contributed by atoms with Gasteiger partial charge in [-0.1, -0.05) is 25.0 Å². The lowest BCUT2D eigenvalue weighted by Crippen LogP contribution is -2.55. The molecule has 8 heteroatoms. The number of benzene rings is 1. The highest BCUT2D eigenvalue weighted by Crippen LogP contribution is 2.33. The maximum atomic E-state index is 12.5. The van der Waals surface area contributed by atoms with Crippen LogP contribution < -0.4 is 16.6 Å². The minimum atomic E-state index is -0.902. The summed E-state index contributed by atoms with van der Waals surface area (Å²) in [5, 5.41) is 12.7. The van der Waals surface area contributed by atoms with Gasteiger partial charge < -0.3 is 10.4 Å². The molecule has 1 heterocycles. The molecule has 0 spiro atoms. The molecule has 1 amide bonds. The van der Waals surface area contributed by atoms with Crippen molar-refractivity contribution in [1.29, 1.82) is 0 Å². The van der Waals surface area contributed by atoms with Crippen LogP contribution in [0, 0.1) is 5.92 Å². The Morgan fingerprint density at radius 2 is 2.04 bits per heavy atom. The van der Waals surface area contributed by atoms with Gasteiger partial charge in [-0.2, -0.15) is 0 Å². The topological polar surface area (TPSA) is 121 Å². The Kier molecular flexibility index (Phi) is 5.16. The SMILES string of the molecule is CC1(NC(=O)CCn2c(=O)[nH]c(=O)c3ccccc32)CCCCC1C(=O)O. The molecule has 1 fully saturated rings. The summed E-state index contributed by atoms with van der Waals surface area (Å²) in [6.07, 6.45) is 2.86. The van der Waals surface area contributed by atoms with Crippen LogP contribution >= 0.6 is 0 Å². The molecule has 8 nitrogen and oxygen atoms in total. The number of hydrogen-bond acceptors (Lipinski definition) is 4. The van der Waals surface area contributed by atoms with E-state index in [1.807, 2.05) is 0 Å². The Bertz CT molecular complexity index is 993. The van der Waals surface area contributed by atoms with Crippen LogP contribution in [0.1, 0.15) is 39.0 Å². The third-order valence-corrected chi connectivity index (χ3v) is 5.40. The van der Waals surface area contributed by atoms with Gasteiger partial charge in [0.2, 0.25) is 5.91 Å². The average molecular weight is 373 g/mol. The first-order chi connectivity index (χ1) is 12.8. The molecule has 1 aliphatic rings. The third kappa shape index (κ3) is 3.79. The van der Waals surface area contributed by atoms with Crippen molar-refractivity contribution in [2.24, 2.45) is 5.92 Å². The minimum Gasteiger partial charge on any atom is -0.481 e. The van der Waals surface area contributed by atoms with Crippen LogP contribution in [0.15, 0.2) is 33.9 Å². The number of carbonyl (C=O) groups is 2. The molecular weight excluding hydrogens is 350 g/mol. The van der Waals surface area contributed by atoms with E-state index in [2.05, 4.69) is 10.3 Å². The van der Waals surface area contributed by atoms with E-state index >= 15 is 0 Å². The molecule has 0 saturated heterocycles. The summed E-state index contributed by atoms with van der Waals surface area (Å²) < 4.78 is 1.36. The Morgan fingerprint density at radius 1 is 1.30 bits per heavy atom. The van der Waals surface area contributed by atoms with E-state index in [0.717, 1.165) is 12.8 Å². The van der Waals surface area contributed by atoms with Gasteiger partial charge in [0.05, 0.1) is 22.4 Å². The maximum Gasteiger partial charge on any atom is 0.328 e. The van der Waals surface area contributed by atoms with E-state index in [4.69, 9.17) is 0 Å². The number of carboxylic acid groups (broad SMARTS) is 1. The Hall–Kier alpha value is -2.90. The summed E-state index contributed by atoms with van der Waals surface area (Å²) in [6.45, 7) is 1.86. The van der Waals surface area contributed by atoms with Gasteiger partial charge in [-0.15, -0.1) is 0 Å². The number of carboxylic acids is 1. The fourth-order valence-corrected chi connectivity index (χ4v) is 3.94. The summed E-state index contributed by atoms with van der Waals surface area (Å²) in [4.78, 5) is 50.3. The van der Waals surface area contributed by atoms with Crippen molar-refractivity contribution in [2.75, 3.05) is 0 Å². The quantitative estimate of drug-likeness (QED) is 0.728. The standard InChI is InChI=1S/C19H23N3O5/c1-19(10-5-4-7-13(19)17(25)26)21-15(23)9-11-22-14-8-3-2-6-12(14)16(24)20-18(22)27/h2-3,6,8,13H,4-5,7,9-11H2,1H3,(H,21,23)(H,25,26)(H,20,24,27). The lowest BCUT2D eigenvalue weighted by atomic mass is 9.74. The molecule has 1 aromatic heterocycles. The maximum absolute atomic E-state index is 12.5. The predicted molar refractivity (Wildman–Crippen MR) is 99.6 cm³/mol. The molecule has 1 aliphatic carbocycles. The van der Waals surface area contributed by atoms with Crippen molar-refractivity contribution in [3.63, 3.8) is 0 Å². The number of fused-ring (bicyclic) bond motifs is 1. The van der Waals surface area contributed by atoms with Gasteiger partial charge in [0.25, 0.3) is 5.56 Å². The number of carbonyl (C=O) groups excluding carboxylic acids is 1. The van der Waals surface area contributed by atoms with E-state index in [-0.39, 0.29) is 18.9 Å². The second-order valence-electron chi connectivity index (χ2n) is 7.28. The first-order valence-corrected chi connectivity index (χ1v) is 9.07. The van der Waals surface area contributed by atoms with E-state index < -0.39 is 28.7 Å². The van der Waals surface area contributed by atoms with Crippen molar-refractivity contribution in [3.8, 4) is 0 Å². The molecule has 27 heavy (non-hydrogen) atoms. The molecule has 1 aromatic carbocycles. The highest BCUT2D eigenvalue weighted by atomic mass is 16.4. The number of H-pyrrole nitrogens is 1. The minimum absolute atomic E-state index is 0.0118. The highest BCUT2D eigenvalue weighted by molar-refractivity contribution is 5.80. The predicted octanol–water partition coefficient (Wildman–Crippen LogP) is 1.23. The average Bonchev–Trinajstić information content (AvgIpc) is 2.61. The first-order valence-electron chi connectivity index (χ1n) is 9.07.